The summed E-state index contributed by atoms with van der Waals surface area (Å²) >= 11 is 0. The van der Waals surface area contributed by atoms with Crippen LogP contribution in [0, 0.1) is 5.92 Å². The van der Waals surface area contributed by atoms with Crippen LogP contribution >= 0.6 is 0 Å². The van der Waals surface area contributed by atoms with Gasteiger partial charge in [0.15, 0.2) is 0 Å². The average Bonchev–Trinajstić information content (AvgIpc) is 2.65. The molecule has 0 saturated heterocycles. The summed E-state index contributed by atoms with van der Waals surface area (Å²) in [6.45, 7) is 3.59. The van der Waals surface area contributed by atoms with Crippen LogP contribution in [0.4, 0.5) is 0 Å². The van der Waals surface area contributed by atoms with Gasteiger partial charge in [0.25, 0.3) is 0 Å². The minimum atomic E-state index is 0.255. The summed E-state index contributed by atoms with van der Waals surface area (Å²) < 4.78 is 5.39. The van der Waals surface area contributed by atoms with E-state index in [0.717, 1.165) is 12.5 Å². The summed E-state index contributed by atoms with van der Waals surface area (Å²) in [5, 5.41) is 0. The van der Waals surface area contributed by atoms with E-state index in [4.69, 9.17) is 10.5 Å². The van der Waals surface area contributed by atoms with Gasteiger partial charge in [-0.2, -0.15) is 0 Å². The first kappa shape index (κ1) is 7.03. The molecular weight excluding hydrogens is 114 g/mol. The SMILES string of the molecule is C[C@H](CN)OCC1CC1. The third-order valence-corrected chi connectivity index (χ3v) is 1.65. The van der Waals surface area contributed by atoms with Crippen LogP contribution in [0.1, 0.15) is 19.8 Å². The van der Waals surface area contributed by atoms with Crippen LogP contribution in [0.25, 0.3) is 0 Å². The first-order chi connectivity index (χ1) is 4.33. The zero-order valence-corrected chi connectivity index (χ0v) is 5.97. The van der Waals surface area contributed by atoms with Crippen molar-refractivity contribution in [2.45, 2.75) is 25.9 Å². The molecule has 0 aromatic rings. The van der Waals surface area contributed by atoms with Crippen molar-refractivity contribution in [2.24, 2.45) is 11.7 Å². The molecule has 0 amide bonds. The molecule has 1 aliphatic carbocycles. The molecule has 2 nitrogen and oxygen atoms in total. The maximum atomic E-state index is 5.39. The molecule has 0 aromatic carbocycles. The number of hydrogen-bond acceptors (Lipinski definition) is 2. The summed E-state index contributed by atoms with van der Waals surface area (Å²) in [4.78, 5) is 0. The number of nitrogens with two attached hydrogens (primary N) is 1. The molecule has 0 aromatic heterocycles. The molecule has 1 aliphatic rings. The number of hydrogen-bond donors (Lipinski definition) is 1. The second kappa shape index (κ2) is 3.18. The van der Waals surface area contributed by atoms with E-state index in [-0.39, 0.29) is 6.10 Å². The molecule has 1 rings (SSSR count). The van der Waals surface area contributed by atoms with Crippen molar-refractivity contribution in [2.75, 3.05) is 13.2 Å². The van der Waals surface area contributed by atoms with Gasteiger partial charge in [0, 0.05) is 13.2 Å². The van der Waals surface area contributed by atoms with Gasteiger partial charge in [-0.05, 0) is 25.7 Å². The van der Waals surface area contributed by atoms with E-state index >= 15 is 0 Å². The van der Waals surface area contributed by atoms with E-state index < -0.39 is 0 Å². The fraction of sp³-hybridized carbons (Fsp3) is 1.00. The highest BCUT2D eigenvalue weighted by molar-refractivity contribution is 4.72. The Bertz CT molecular complexity index is 81.0. The lowest BCUT2D eigenvalue weighted by Gasteiger charge is -2.08. The van der Waals surface area contributed by atoms with Gasteiger partial charge in [-0.25, -0.2) is 0 Å². The fourth-order valence-electron chi connectivity index (χ4n) is 0.653. The molecule has 0 bridgehead atoms. The Morgan fingerprint density at radius 2 is 2.33 bits per heavy atom. The summed E-state index contributed by atoms with van der Waals surface area (Å²) in [5.41, 5.74) is 5.35. The molecule has 1 fully saturated rings. The molecule has 54 valence electrons. The van der Waals surface area contributed by atoms with Crippen LogP contribution in [0.2, 0.25) is 0 Å². The highest BCUT2D eigenvalue weighted by Gasteiger charge is 2.21. The lowest BCUT2D eigenvalue weighted by molar-refractivity contribution is 0.0641. The Balaban J connectivity index is 1.90. The van der Waals surface area contributed by atoms with Gasteiger partial charge in [-0.1, -0.05) is 0 Å². The Hall–Kier alpha value is -0.0800. The van der Waals surface area contributed by atoms with Crippen LogP contribution in [0.15, 0.2) is 0 Å². The van der Waals surface area contributed by atoms with Crippen molar-refractivity contribution in [1.82, 2.24) is 0 Å². The highest BCUT2D eigenvalue weighted by Crippen LogP contribution is 2.28. The minimum absolute atomic E-state index is 0.255. The van der Waals surface area contributed by atoms with Crippen molar-refractivity contribution in [3.63, 3.8) is 0 Å². The molecule has 1 saturated carbocycles. The molecule has 1 atom stereocenters. The standard InChI is InChI=1S/C7H15NO/c1-6(4-8)9-5-7-2-3-7/h6-7H,2-5,8H2,1H3/t6-/m1/s1. The van der Waals surface area contributed by atoms with E-state index in [0.29, 0.717) is 6.54 Å². The van der Waals surface area contributed by atoms with Gasteiger partial charge in [0.2, 0.25) is 0 Å². The van der Waals surface area contributed by atoms with E-state index in [2.05, 4.69) is 0 Å². The molecule has 0 aliphatic heterocycles. The average molecular weight is 129 g/mol. The predicted octanol–water partition coefficient (Wildman–Crippen LogP) is 0.760. The van der Waals surface area contributed by atoms with Gasteiger partial charge in [0.1, 0.15) is 0 Å². The summed E-state index contributed by atoms with van der Waals surface area (Å²) in [5.74, 6) is 0.860. The van der Waals surface area contributed by atoms with Crippen LogP contribution in [0.3, 0.4) is 0 Å². The smallest absolute Gasteiger partial charge is 0.0669 e. The quantitative estimate of drug-likeness (QED) is 0.608. The second-order valence-electron chi connectivity index (χ2n) is 2.82. The van der Waals surface area contributed by atoms with Crippen LogP contribution in [0.5, 0.6) is 0 Å². The monoisotopic (exact) mass is 129 g/mol. The first-order valence-electron chi connectivity index (χ1n) is 3.64. The Morgan fingerprint density at radius 3 is 2.78 bits per heavy atom. The number of ether oxygens (including phenoxy) is 1. The Morgan fingerprint density at radius 1 is 1.67 bits per heavy atom. The third-order valence-electron chi connectivity index (χ3n) is 1.65. The molecular formula is C7H15NO. The van der Waals surface area contributed by atoms with Gasteiger partial charge < -0.3 is 10.5 Å². The summed E-state index contributed by atoms with van der Waals surface area (Å²) in [7, 11) is 0. The summed E-state index contributed by atoms with van der Waals surface area (Å²) in [6, 6.07) is 0. The lowest BCUT2D eigenvalue weighted by Crippen LogP contribution is -2.20. The van der Waals surface area contributed by atoms with E-state index in [1.165, 1.54) is 12.8 Å². The molecule has 2 heteroatoms. The molecule has 0 heterocycles. The lowest BCUT2D eigenvalue weighted by atomic mass is 10.4. The fourth-order valence-corrected chi connectivity index (χ4v) is 0.653. The van der Waals surface area contributed by atoms with Crippen molar-refractivity contribution in [1.29, 1.82) is 0 Å². The van der Waals surface area contributed by atoms with Crippen LogP contribution in [-0.2, 0) is 4.74 Å². The predicted molar refractivity (Wildman–Crippen MR) is 37.2 cm³/mol. The largest absolute Gasteiger partial charge is 0.377 e. The zero-order chi connectivity index (χ0) is 6.69. The van der Waals surface area contributed by atoms with Gasteiger partial charge in [0.05, 0.1) is 6.10 Å². The van der Waals surface area contributed by atoms with Gasteiger partial charge >= 0.3 is 0 Å². The van der Waals surface area contributed by atoms with Crippen LogP contribution in [-0.4, -0.2) is 19.3 Å². The third kappa shape index (κ3) is 2.82. The van der Waals surface area contributed by atoms with Crippen molar-refractivity contribution in [3.8, 4) is 0 Å². The molecule has 0 radical (unpaired) electrons. The molecule has 2 N–H and O–H groups in total. The second-order valence-corrected chi connectivity index (χ2v) is 2.82. The number of rotatable bonds is 4. The highest BCUT2D eigenvalue weighted by atomic mass is 16.5. The molecule has 0 spiro atoms. The maximum Gasteiger partial charge on any atom is 0.0669 e. The van der Waals surface area contributed by atoms with Gasteiger partial charge in [-0.3, -0.25) is 0 Å². The zero-order valence-electron chi connectivity index (χ0n) is 5.97. The normalized spacial score (nSPS) is 22.0. The van der Waals surface area contributed by atoms with Crippen molar-refractivity contribution >= 4 is 0 Å². The minimum Gasteiger partial charge on any atom is -0.377 e. The Labute approximate surface area is 56.4 Å². The Kier molecular flexibility index (Phi) is 2.49. The van der Waals surface area contributed by atoms with Crippen LogP contribution < -0.4 is 5.73 Å². The topological polar surface area (TPSA) is 35.2 Å². The molecule has 0 unspecified atom stereocenters. The van der Waals surface area contributed by atoms with E-state index in [1.54, 1.807) is 0 Å². The van der Waals surface area contributed by atoms with Crippen molar-refractivity contribution in [3.05, 3.63) is 0 Å². The molecule has 9 heavy (non-hydrogen) atoms. The van der Waals surface area contributed by atoms with Gasteiger partial charge in [-0.15, -0.1) is 0 Å². The summed E-state index contributed by atoms with van der Waals surface area (Å²) in [6.07, 6.45) is 2.97. The van der Waals surface area contributed by atoms with E-state index in [1.807, 2.05) is 6.92 Å². The first-order valence-corrected chi connectivity index (χ1v) is 3.64. The van der Waals surface area contributed by atoms with Crippen molar-refractivity contribution < 1.29 is 4.74 Å². The van der Waals surface area contributed by atoms with E-state index in [9.17, 15) is 0 Å². The maximum absolute atomic E-state index is 5.39.